The van der Waals surface area contributed by atoms with E-state index in [0.29, 0.717) is 13.2 Å². The number of piperazine rings is 1. The first-order valence-corrected chi connectivity index (χ1v) is 8.23. The van der Waals surface area contributed by atoms with E-state index < -0.39 is 0 Å². The fourth-order valence-electron chi connectivity index (χ4n) is 3.39. The zero-order chi connectivity index (χ0) is 14.1. The molecule has 0 bridgehead atoms. The lowest BCUT2D eigenvalue weighted by molar-refractivity contribution is 0.171. The van der Waals surface area contributed by atoms with Crippen LogP contribution >= 0.6 is 0 Å². The largest absolute Gasteiger partial charge is 0.486 e. The number of nitrogens with zero attached hydrogens (tertiary/aromatic N) is 1. The number of fused-ring (bicyclic) bond motifs is 1. The summed E-state index contributed by atoms with van der Waals surface area (Å²) in [6.45, 7) is 6.00. The lowest BCUT2D eigenvalue weighted by Gasteiger charge is -2.34. The number of nitrogens with one attached hydrogen (secondary N) is 1. The Morgan fingerprint density at radius 1 is 1.14 bits per heavy atom. The predicted octanol–water partition coefficient (Wildman–Crippen LogP) is 1.68. The van der Waals surface area contributed by atoms with Crippen LogP contribution in [0.2, 0.25) is 0 Å². The Morgan fingerprint density at radius 2 is 2.00 bits per heavy atom. The monoisotopic (exact) mass is 288 g/mol. The van der Waals surface area contributed by atoms with Crippen molar-refractivity contribution in [1.82, 2.24) is 10.2 Å². The van der Waals surface area contributed by atoms with E-state index in [0.717, 1.165) is 43.0 Å². The van der Waals surface area contributed by atoms with Gasteiger partial charge >= 0.3 is 0 Å². The van der Waals surface area contributed by atoms with Crippen LogP contribution in [0, 0.1) is 5.92 Å². The van der Waals surface area contributed by atoms with E-state index in [9.17, 15) is 0 Å². The highest BCUT2D eigenvalue weighted by Crippen LogP contribution is 2.34. The molecule has 1 unspecified atom stereocenters. The minimum atomic E-state index is 0.662. The molecule has 4 nitrogen and oxygen atoms in total. The molecule has 0 amide bonds. The molecule has 4 rings (SSSR count). The molecule has 2 aliphatic heterocycles. The normalized spacial score (nSPS) is 25.8. The second-order valence-electron chi connectivity index (χ2n) is 6.43. The van der Waals surface area contributed by atoms with Crippen molar-refractivity contribution in [2.45, 2.75) is 25.3 Å². The van der Waals surface area contributed by atoms with Crippen molar-refractivity contribution in [2.75, 3.05) is 39.4 Å². The average molecular weight is 288 g/mol. The van der Waals surface area contributed by atoms with Crippen molar-refractivity contribution in [3.8, 4) is 11.5 Å². The van der Waals surface area contributed by atoms with Crippen LogP contribution in [0.1, 0.15) is 18.4 Å². The maximum absolute atomic E-state index is 5.66. The summed E-state index contributed by atoms with van der Waals surface area (Å²) in [5.74, 6) is 2.75. The van der Waals surface area contributed by atoms with Gasteiger partial charge in [0.1, 0.15) is 13.2 Å². The first-order valence-electron chi connectivity index (χ1n) is 8.23. The molecule has 0 radical (unpaired) electrons. The van der Waals surface area contributed by atoms with Gasteiger partial charge in [-0.25, -0.2) is 0 Å². The van der Waals surface area contributed by atoms with E-state index in [-0.39, 0.29) is 0 Å². The third-order valence-corrected chi connectivity index (χ3v) is 4.80. The molecule has 114 valence electrons. The van der Waals surface area contributed by atoms with E-state index in [1.165, 1.54) is 31.5 Å². The number of hydrogen-bond donors (Lipinski definition) is 1. The predicted molar refractivity (Wildman–Crippen MR) is 82.1 cm³/mol. The molecular weight excluding hydrogens is 264 g/mol. The molecule has 1 aromatic rings. The summed E-state index contributed by atoms with van der Waals surface area (Å²) in [6.07, 6.45) is 3.94. The van der Waals surface area contributed by atoms with Crippen LogP contribution in [0.15, 0.2) is 18.2 Å². The summed E-state index contributed by atoms with van der Waals surface area (Å²) >= 11 is 0. The zero-order valence-electron chi connectivity index (χ0n) is 12.5. The summed E-state index contributed by atoms with van der Waals surface area (Å²) in [6, 6.07) is 7.11. The fourth-order valence-corrected chi connectivity index (χ4v) is 3.39. The van der Waals surface area contributed by atoms with Gasteiger partial charge in [-0.15, -0.1) is 0 Å². The number of ether oxygens (including phenoxy) is 2. The van der Waals surface area contributed by atoms with Gasteiger partial charge in [0.15, 0.2) is 11.5 Å². The lowest BCUT2D eigenvalue weighted by atomic mass is 10.1. The molecule has 1 saturated heterocycles. The zero-order valence-corrected chi connectivity index (χ0v) is 12.5. The smallest absolute Gasteiger partial charge is 0.161 e. The van der Waals surface area contributed by atoms with Crippen molar-refractivity contribution >= 4 is 0 Å². The van der Waals surface area contributed by atoms with Gasteiger partial charge in [-0.3, -0.25) is 0 Å². The van der Waals surface area contributed by atoms with Gasteiger partial charge < -0.3 is 19.7 Å². The summed E-state index contributed by atoms with van der Waals surface area (Å²) in [5, 5.41) is 3.67. The number of rotatable bonds is 4. The van der Waals surface area contributed by atoms with Crippen LogP contribution in [-0.4, -0.2) is 50.3 Å². The Hall–Kier alpha value is -1.26. The molecule has 4 heteroatoms. The summed E-state index contributed by atoms with van der Waals surface area (Å²) in [4.78, 5) is 2.61. The number of benzene rings is 1. The van der Waals surface area contributed by atoms with Crippen molar-refractivity contribution in [3.63, 3.8) is 0 Å². The Labute approximate surface area is 126 Å². The Bertz CT molecular complexity index is 502. The Kier molecular flexibility index (Phi) is 3.74. The van der Waals surface area contributed by atoms with Gasteiger partial charge in [0.25, 0.3) is 0 Å². The highest BCUT2D eigenvalue weighted by molar-refractivity contribution is 5.43. The summed E-state index contributed by atoms with van der Waals surface area (Å²) in [7, 11) is 0. The molecule has 3 aliphatic rings. The molecule has 0 spiro atoms. The molecular formula is C17H24N2O2. The van der Waals surface area contributed by atoms with Crippen LogP contribution < -0.4 is 14.8 Å². The van der Waals surface area contributed by atoms with Crippen molar-refractivity contribution < 1.29 is 9.47 Å². The Balaban J connectivity index is 1.33. The third-order valence-electron chi connectivity index (χ3n) is 4.80. The van der Waals surface area contributed by atoms with Crippen molar-refractivity contribution in [3.05, 3.63) is 23.8 Å². The quantitative estimate of drug-likeness (QED) is 0.914. The van der Waals surface area contributed by atoms with Crippen molar-refractivity contribution in [1.29, 1.82) is 0 Å². The van der Waals surface area contributed by atoms with Crippen LogP contribution in [-0.2, 0) is 6.42 Å². The van der Waals surface area contributed by atoms with E-state index in [2.05, 4.69) is 28.4 Å². The van der Waals surface area contributed by atoms with Crippen LogP contribution in [0.3, 0.4) is 0 Å². The van der Waals surface area contributed by atoms with E-state index in [4.69, 9.17) is 9.47 Å². The SMILES string of the molecule is c1cc2c(cc1CCN1CCNC(C3CC3)C1)OCCO2. The minimum absolute atomic E-state index is 0.662. The number of hydrogen-bond acceptors (Lipinski definition) is 4. The maximum atomic E-state index is 5.66. The van der Waals surface area contributed by atoms with Gasteiger partial charge in [-0.1, -0.05) is 6.07 Å². The molecule has 1 saturated carbocycles. The summed E-state index contributed by atoms with van der Waals surface area (Å²) < 4.78 is 11.2. The van der Waals surface area contributed by atoms with E-state index in [1.807, 2.05) is 0 Å². The van der Waals surface area contributed by atoms with E-state index >= 15 is 0 Å². The molecule has 2 fully saturated rings. The van der Waals surface area contributed by atoms with Gasteiger partial charge in [0.05, 0.1) is 0 Å². The highest BCUT2D eigenvalue weighted by Gasteiger charge is 2.33. The minimum Gasteiger partial charge on any atom is -0.486 e. The molecule has 1 aliphatic carbocycles. The molecule has 0 aromatic heterocycles. The first-order chi connectivity index (χ1) is 10.4. The average Bonchev–Trinajstić information content (AvgIpc) is 3.38. The van der Waals surface area contributed by atoms with Crippen LogP contribution in [0.5, 0.6) is 11.5 Å². The molecule has 2 heterocycles. The molecule has 21 heavy (non-hydrogen) atoms. The Morgan fingerprint density at radius 3 is 2.86 bits per heavy atom. The topological polar surface area (TPSA) is 33.7 Å². The molecule has 1 N–H and O–H groups in total. The highest BCUT2D eigenvalue weighted by atomic mass is 16.6. The fraction of sp³-hybridized carbons (Fsp3) is 0.647. The second kappa shape index (κ2) is 5.85. The van der Waals surface area contributed by atoms with Crippen molar-refractivity contribution in [2.24, 2.45) is 5.92 Å². The summed E-state index contributed by atoms with van der Waals surface area (Å²) in [5.41, 5.74) is 1.35. The lowest BCUT2D eigenvalue weighted by Crippen LogP contribution is -2.52. The standard InChI is InChI=1S/C17H24N2O2/c1-4-16-17(21-10-9-20-16)11-13(1)5-7-19-8-6-18-15(12-19)14-2-3-14/h1,4,11,14-15,18H,2-3,5-10,12H2. The van der Waals surface area contributed by atoms with Gasteiger partial charge in [-0.05, 0) is 42.9 Å². The third kappa shape index (κ3) is 3.16. The second-order valence-corrected chi connectivity index (χ2v) is 6.43. The van der Waals surface area contributed by atoms with E-state index in [1.54, 1.807) is 0 Å². The molecule has 1 atom stereocenters. The molecule has 1 aromatic carbocycles. The van der Waals surface area contributed by atoms with Gasteiger partial charge in [0.2, 0.25) is 0 Å². The van der Waals surface area contributed by atoms with Gasteiger partial charge in [-0.2, -0.15) is 0 Å². The maximum Gasteiger partial charge on any atom is 0.161 e. The first kappa shape index (κ1) is 13.4. The van der Waals surface area contributed by atoms with Crippen LogP contribution in [0.25, 0.3) is 0 Å². The van der Waals surface area contributed by atoms with Crippen LogP contribution in [0.4, 0.5) is 0 Å². The van der Waals surface area contributed by atoms with Gasteiger partial charge in [0, 0.05) is 32.2 Å².